The first-order chi connectivity index (χ1) is 21.0. The Morgan fingerprint density at radius 3 is 1.88 bits per heavy atom. The molecule has 218 valence electrons. The number of hydrogen-bond acceptors (Lipinski definition) is 5. The van der Waals surface area contributed by atoms with Crippen molar-refractivity contribution >= 4 is 24.2 Å². The smallest absolute Gasteiger partial charge is 0.293 e. The third kappa shape index (κ3) is 6.89. The summed E-state index contributed by atoms with van der Waals surface area (Å²) in [6.45, 7) is 0.452. The number of benzene rings is 4. The number of hydrogen-bond donors (Lipinski definition) is 0. The van der Waals surface area contributed by atoms with Gasteiger partial charge in [-0.25, -0.2) is 0 Å². The number of carbonyl (C=O) groups excluding carboxylic acids is 4. The Labute approximate surface area is 251 Å². The van der Waals surface area contributed by atoms with E-state index in [0.29, 0.717) is 36.9 Å². The van der Waals surface area contributed by atoms with Gasteiger partial charge < -0.3 is 9.64 Å². The average Bonchev–Trinajstić information content (AvgIpc) is 3.31. The highest BCUT2D eigenvalue weighted by Crippen LogP contribution is 2.29. The Morgan fingerprint density at radius 1 is 0.744 bits per heavy atom. The van der Waals surface area contributed by atoms with Gasteiger partial charge in [0.2, 0.25) is 5.91 Å². The maximum Gasteiger partial charge on any atom is 0.293 e. The van der Waals surface area contributed by atoms with E-state index in [-0.39, 0.29) is 36.8 Å². The van der Waals surface area contributed by atoms with Gasteiger partial charge in [0.05, 0.1) is 17.2 Å². The van der Waals surface area contributed by atoms with Crippen LogP contribution in [0.25, 0.3) is 11.1 Å². The Bertz CT molecular complexity index is 1540. The highest BCUT2D eigenvalue weighted by molar-refractivity contribution is 6.21. The number of fused-ring (bicyclic) bond motifs is 1. The SMILES string of the molecule is CN(C(=O)CC[C@@H](Cc1ccc(-c2ccccc2)cc1)N1C(=O)c2ccccc2C1=O)[C@@H](COC=O)Cc1ccccc1. The zero-order chi connectivity index (χ0) is 30.2. The number of nitrogens with zero attached hydrogens (tertiary/aromatic N) is 2. The minimum absolute atomic E-state index is 0.0657. The van der Waals surface area contributed by atoms with Crippen molar-refractivity contribution in [2.75, 3.05) is 13.7 Å². The van der Waals surface area contributed by atoms with Crippen LogP contribution in [-0.2, 0) is 27.2 Å². The van der Waals surface area contributed by atoms with Gasteiger partial charge in [-0.15, -0.1) is 0 Å². The van der Waals surface area contributed by atoms with Crippen LogP contribution in [0.3, 0.4) is 0 Å². The Balaban J connectivity index is 1.34. The zero-order valence-corrected chi connectivity index (χ0v) is 24.1. The number of ether oxygens (including phenoxy) is 1. The number of carbonyl (C=O) groups is 4. The summed E-state index contributed by atoms with van der Waals surface area (Å²) >= 11 is 0. The van der Waals surface area contributed by atoms with Crippen LogP contribution in [0.5, 0.6) is 0 Å². The standard InChI is InChI=1S/C36H34N2O5/c1-37(31(24-43-25-39)23-26-10-4-2-5-11-26)34(40)21-20-30(38-35(41)32-14-8-9-15-33(32)36(38)42)22-27-16-18-29(19-17-27)28-12-6-3-7-13-28/h2-19,25,30-31H,20-24H2,1H3/t30-,31+/m0/s1. The van der Waals surface area contributed by atoms with Crippen LogP contribution < -0.4 is 0 Å². The molecule has 3 amide bonds. The van der Waals surface area contributed by atoms with Crippen molar-refractivity contribution in [1.82, 2.24) is 9.80 Å². The molecule has 5 rings (SSSR count). The van der Waals surface area contributed by atoms with Gasteiger partial charge in [-0.2, -0.15) is 0 Å². The Kier molecular flexibility index (Phi) is 9.42. The van der Waals surface area contributed by atoms with E-state index in [4.69, 9.17) is 4.74 Å². The topological polar surface area (TPSA) is 84.0 Å². The van der Waals surface area contributed by atoms with E-state index in [0.717, 1.165) is 22.3 Å². The maximum absolute atomic E-state index is 13.5. The quantitative estimate of drug-likeness (QED) is 0.154. The summed E-state index contributed by atoms with van der Waals surface area (Å²) in [6.07, 6.45) is 1.34. The molecule has 4 aromatic carbocycles. The van der Waals surface area contributed by atoms with E-state index in [1.165, 1.54) is 4.90 Å². The monoisotopic (exact) mass is 574 g/mol. The molecule has 0 aliphatic carbocycles. The van der Waals surface area contributed by atoms with Crippen molar-refractivity contribution in [2.24, 2.45) is 0 Å². The number of rotatable bonds is 13. The van der Waals surface area contributed by atoms with Crippen LogP contribution in [0.4, 0.5) is 0 Å². The summed E-state index contributed by atoms with van der Waals surface area (Å²) in [5.41, 5.74) is 4.92. The van der Waals surface area contributed by atoms with Crippen molar-refractivity contribution in [3.05, 3.63) is 131 Å². The zero-order valence-electron chi connectivity index (χ0n) is 24.1. The largest absolute Gasteiger partial charge is 0.466 e. The van der Waals surface area contributed by atoms with Crippen LogP contribution in [-0.4, -0.2) is 59.7 Å². The van der Waals surface area contributed by atoms with Gasteiger partial charge >= 0.3 is 0 Å². The second kappa shape index (κ2) is 13.7. The summed E-state index contributed by atoms with van der Waals surface area (Å²) in [6, 6.07) is 33.8. The van der Waals surface area contributed by atoms with Crippen molar-refractivity contribution in [3.63, 3.8) is 0 Å². The molecule has 0 saturated heterocycles. The van der Waals surface area contributed by atoms with Gasteiger partial charge in [0.25, 0.3) is 18.3 Å². The molecule has 4 aromatic rings. The molecular weight excluding hydrogens is 540 g/mol. The Morgan fingerprint density at radius 2 is 1.28 bits per heavy atom. The predicted molar refractivity (Wildman–Crippen MR) is 164 cm³/mol. The minimum Gasteiger partial charge on any atom is -0.466 e. The summed E-state index contributed by atoms with van der Waals surface area (Å²) in [5, 5.41) is 0. The van der Waals surface area contributed by atoms with Crippen molar-refractivity contribution in [2.45, 2.75) is 37.8 Å². The molecule has 0 N–H and O–H groups in total. The average molecular weight is 575 g/mol. The maximum atomic E-state index is 13.5. The van der Waals surface area contributed by atoms with Crippen molar-refractivity contribution in [3.8, 4) is 11.1 Å². The first-order valence-corrected chi connectivity index (χ1v) is 14.4. The molecule has 0 bridgehead atoms. The van der Waals surface area contributed by atoms with E-state index in [2.05, 4.69) is 0 Å². The second-order valence-corrected chi connectivity index (χ2v) is 10.8. The highest BCUT2D eigenvalue weighted by atomic mass is 16.5. The van der Waals surface area contributed by atoms with Crippen LogP contribution in [0.2, 0.25) is 0 Å². The van der Waals surface area contributed by atoms with Crippen LogP contribution >= 0.6 is 0 Å². The van der Waals surface area contributed by atoms with Gasteiger partial charge in [-0.3, -0.25) is 24.1 Å². The van der Waals surface area contributed by atoms with Crippen LogP contribution in [0, 0.1) is 0 Å². The first-order valence-electron chi connectivity index (χ1n) is 14.4. The van der Waals surface area contributed by atoms with E-state index < -0.39 is 6.04 Å². The molecule has 0 radical (unpaired) electrons. The fourth-order valence-electron chi connectivity index (χ4n) is 5.61. The van der Waals surface area contributed by atoms with E-state index in [9.17, 15) is 19.2 Å². The molecule has 43 heavy (non-hydrogen) atoms. The Hall–Kier alpha value is -5.04. The van der Waals surface area contributed by atoms with Crippen molar-refractivity contribution < 1.29 is 23.9 Å². The number of amides is 3. The summed E-state index contributed by atoms with van der Waals surface area (Å²) in [5.74, 6) is -0.834. The number of imide groups is 1. The molecule has 0 aromatic heterocycles. The van der Waals surface area contributed by atoms with E-state index in [1.54, 1.807) is 36.2 Å². The van der Waals surface area contributed by atoms with E-state index in [1.807, 2.05) is 84.9 Å². The molecule has 2 atom stereocenters. The van der Waals surface area contributed by atoms with Gasteiger partial charge in [-0.05, 0) is 53.6 Å². The second-order valence-electron chi connectivity index (χ2n) is 10.8. The summed E-state index contributed by atoms with van der Waals surface area (Å²) < 4.78 is 5.06. The molecule has 0 unspecified atom stereocenters. The van der Waals surface area contributed by atoms with Crippen LogP contribution in [0.15, 0.2) is 109 Å². The van der Waals surface area contributed by atoms with Crippen molar-refractivity contribution in [1.29, 1.82) is 0 Å². The minimum atomic E-state index is -0.522. The van der Waals surface area contributed by atoms with Crippen LogP contribution in [0.1, 0.15) is 44.7 Å². The summed E-state index contributed by atoms with van der Waals surface area (Å²) in [7, 11) is 1.70. The van der Waals surface area contributed by atoms with Gasteiger partial charge in [-0.1, -0.05) is 97.1 Å². The molecule has 7 heteroatoms. The highest BCUT2D eigenvalue weighted by Gasteiger charge is 2.40. The fourth-order valence-corrected chi connectivity index (χ4v) is 5.61. The molecule has 7 nitrogen and oxygen atoms in total. The van der Waals surface area contributed by atoms with E-state index >= 15 is 0 Å². The summed E-state index contributed by atoms with van der Waals surface area (Å²) in [4.78, 5) is 54.3. The lowest BCUT2D eigenvalue weighted by Gasteiger charge is -2.30. The molecule has 0 saturated carbocycles. The first kappa shape index (κ1) is 29.5. The fraction of sp³-hybridized carbons (Fsp3) is 0.222. The lowest BCUT2D eigenvalue weighted by atomic mass is 9.97. The normalized spacial score (nSPS) is 13.7. The lowest BCUT2D eigenvalue weighted by Crippen LogP contribution is -2.44. The molecule has 1 aliphatic heterocycles. The molecular formula is C36H34N2O5. The van der Waals surface area contributed by atoms with Gasteiger partial charge in [0, 0.05) is 19.5 Å². The predicted octanol–water partition coefficient (Wildman–Crippen LogP) is 5.58. The third-order valence-electron chi connectivity index (χ3n) is 8.03. The third-order valence-corrected chi connectivity index (χ3v) is 8.03. The van der Waals surface area contributed by atoms with Gasteiger partial charge in [0.15, 0.2) is 0 Å². The molecule has 1 heterocycles. The molecule has 1 aliphatic rings. The molecule has 0 spiro atoms. The number of likely N-dealkylation sites (N-methyl/N-ethyl adjacent to an activating group) is 1. The van der Waals surface area contributed by atoms with Gasteiger partial charge in [0.1, 0.15) is 6.61 Å². The molecule has 0 fully saturated rings. The lowest BCUT2D eigenvalue weighted by molar-refractivity contribution is -0.137.